The van der Waals surface area contributed by atoms with Gasteiger partial charge in [0.25, 0.3) is 0 Å². The van der Waals surface area contributed by atoms with Gasteiger partial charge >= 0.3 is 0 Å². The average Bonchev–Trinajstić information content (AvgIpc) is 3.04. The molecule has 1 aliphatic rings. The van der Waals surface area contributed by atoms with Crippen molar-refractivity contribution in [3.8, 4) is 0 Å². The van der Waals surface area contributed by atoms with Gasteiger partial charge in [-0.3, -0.25) is 0 Å². The number of likely N-dealkylation sites (N-methyl/N-ethyl adjacent to an activating group) is 1. The molecule has 2 rings (SSSR count). The summed E-state index contributed by atoms with van der Waals surface area (Å²) < 4.78 is 2.19. The molecule has 1 aromatic heterocycles. The number of nitrogens with zero attached hydrogens (tertiary/aromatic N) is 3. The molecule has 0 aliphatic heterocycles. The maximum Gasteiger partial charge on any atom is 0.0949 e. The Balaban J connectivity index is 1.90. The fourth-order valence-corrected chi connectivity index (χ4v) is 2.00. The van der Waals surface area contributed by atoms with Crippen LogP contribution in [0.5, 0.6) is 0 Å². The highest BCUT2D eigenvalue weighted by atomic mass is 15.2. The van der Waals surface area contributed by atoms with E-state index in [2.05, 4.69) is 28.4 Å². The minimum Gasteiger partial charge on any atom is -0.332 e. The second-order valence-corrected chi connectivity index (χ2v) is 4.74. The topological polar surface area (TPSA) is 47.1 Å². The van der Waals surface area contributed by atoms with E-state index in [-0.39, 0.29) is 6.04 Å². The summed E-state index contributed by atoms with van der Waals surface area (Å²) in [5.74, 6) is 0. The molecule has 0 saturated heterocycles. The van der Waals surface area contributed by atoms with E-state index >= 15 is 0 Å². The largest absolute Gasteiger partial charge is 0.332 e. The lowest BCUT2D eigenvalue weighted by atomic mass is 10.2. The van der Waals surface area contributed by atoms with Crippen molar-refractivity contribution in [1.82, 2.24) is 14.5 Å². The van der Waals surface area contributed by atoms with E-state index in [4.69, 9.17) is 5.73 Å². The van der Waals surface area contributed by atoms with Gasteiger partial charge in [0.15, 0.2) is 0 Å². The molecule has 0 aromatic carbocycles. The molecule has 1 fully saturated rings. The van der Waals surface area contributed by atoms with Crippen molar-refractivity contribution in [1.29, 1.82) is 0 Å². The van der Waals surface area contributed by atoms with Crippen LogP contribution in [0.15, 0.2) is 12.5 Å². The van der Waals surface area contributed by atoms with Crippen LogP contribution < -0.4 is 5.73 Å². The third-order valence-electron chi connectivity index (χ3n) is 3.43. The number of imidazole rings is 1. The first-order valence-corrected chi connectivity index (χ1v) is 6.18. The fraction of sp³-hybridized carbons (Fsp3) is 0.750. The Bertz CT molecular complexity index is 330. The molecular formula is C12H22N4. The molecule has 4 heteroatoms. The smallest absolute Gasteiger partial charge is 0.0949 e. The summed E-state index contributed by atoms with van der Waals surface area (Å²) in [7, 11) is 2.20. The van der Waals surface area contributed by atoms with Crippen LogP contribution in [-0.2, 0) is 6.54 Å². The molecule has 0 spiro atoms. The highest BCUT2D eigenvalue weighted by molar-refractivity contribution is 5.04. The van der Waals surface area contributed by atoms with Gasteiger partial charge in [-0.2, -0.15) is 0 Å². The number of hydrogen-bond acceptors (Lipinski definition) is 3. The van der Waals surface area contributed by atoms with Crippen LogP contribution >= 0.6 is 0 Å². The standard InChI is InChI=1S/C12H22N4/c1-3-11(13)12-8-14-9-16(12)7-6-15(2)10-4-5-10/h8-11H,3-7,13H2,1-2H3/t11-/m1/s1. The zero-order valence-electron chi connectivity index (χ0n) is 10.3. The summed E-state index contributed by atoms with van der Waals surface area (Å²) in [5, 5.41) is 0. The molecule has 4 nitrogen and oxygen atoms in total. The van der Waals surface area contributed by atoms with Gasteiger partial charge in [-0.05, 0) is 26.3 Å². The first-order chi connectivity index (χ1) is 7.72. The normalized spacial score (nSPS) is 18.0. The summed E-state index contributed by atoms with van der Waals surface area (Å²) >= 11 is 0. The Morgan fingerprint density at radius 2 is 2.38 bits per heavy atom. The zero-order valence-corrected chi connectivity index (χ0v) is 10.3. The Morgan fingerprint density at radius 1 is 1.62 bits per heavy atom. The van der Waals surface area contributed by atoms with Gasteiger partial charge < -0.3 is 15.2 Å². The van der Waals surface area contributed by atoms with Crippen LogP contribution in [0.1, 0.15) is 37.9 Å². The molecule has 1 aromatic rings. The van der Waals surface area contributed by atoms with E-state index < -0.39 is 0 Å². The van der Waals surface area contributed by atoms with Crippen molar-refractivity contribution in [3.05, 3.63) is 18.2 Å². The lowest BCUT2D eigenvalue weighted by Crippen LogP contribution is -2.26. The Labute approximate surface area is 97.4 Å². The highest BCUT2D eigenvalue weighted by Gasteiger charge is 2.25. The van der Waals surface area contributed by atoms with Crippen LogP contribution in [0.3, 0.4) is 0 Å². The molecule has 0 amide bonds. The number of aromatic nitrogens is 2. The molecule has 1 heterocycles. The summed E-state index contributed by atoms with van der Waals surface area (Å²) in [6, 6.07) is 0.945. The van der Waals surface area contributed by atoms with Gasteiger partial charge in [0, 0.05) is 31.4 Å². The van der Waals surface area contributed by atoms with Gasteiger partial charge in [0.05, 0.1) is 12.0 Å². The first kappa shape index (κ1) is 11.6. The number of hydrogen-bond donors (Lipinski definition) is 1. The minimum atomic E-state index is 0.119. The molecule has 1 aliphatic carbocycles. The predicted molar refractivity (Wildman–Crippen MR) is 65.1 cm³/mol. The maximum atomic E-state index is 6.04. The second-order valence-electron chi connectivity index (χ2n) is 4.74. The van der Waals surface area contributed by atoms with Crippen molar-refractivity contribution < 1.29 is 0 Å². The molecule has 0 bridgehead atoms. The van der Waals surface area contributed by atoms with E-state index in [0.29, 0.717) is 0 Å². The minimum absolute atomic E-state index is 0.119. The lowest BCUT2D eigenvalue weighted by Gasteiger charge is -2.18. The van der Waals surface area contributed by atoms with E-state index in [1.807, 2.05) is 12.5 Å². The summed E-state index contributed by atoms with van der Waals surface area (Å²) in [6.07, 6.45) is 7.48. The van der Waals surface area contributed by atoms with Crippen LogP contribution in [0.4, 0.5) is 0 Å². The van der Waals surface area contributed by atoms with Crippen molar-refractivity contribution in [3.63, 3.8) is 0 Å². The van der Waals surface area contributed by atoms with Crippen molar-refractivity contribution in [2.45, 2.75) is 44.8 Å². The van der Waals surface area contributed by atoms with Gasteiger partial charge in [-0.15, -0.1) is 0 Å². The second kappa shape index (κ2) is 4.97. The number of rotatable bonds is 6. The van der Waals surface area contributed by atoms with Gasteiger partial charge in [0.1, 0.15) is 0 Å². The summed E-state index contributed by atoms with van der Waals surface area (Å²) in [4.78, 5) is 6.63. The van der Waals surface area contributed by atoms with Gasteiger partial charge in [-0.25, -0.2) is 4.98 Å². The van der Waals surface area contributed by atoms with Crippen LogP contribution in [0.25, 0.3) is 0 Å². The van der Waals surface area contributed by atoms with E-state index in [1.54, 1.807) is 0 Å². The highest BCUT2D eigenvalue weighted by Crippen LogP contribution is 2.25. The molecule has 0 unspecified atom stereocenters. The van der Waals surface area contributed by atoms with Crippen LogP contribution in [-0.4, -0.2) is 34.1 Å². The Kier molecular flexibility index (Phi) is 3.61. The van der Waals surface area contributed by atoms with Gasteiger partial charge in [0.2, 0.25) is 0 Å². The van der Waals surface area contributed by atoms with E-state index in [0.717, 1.165) is 31.2 Å². The third-order valence-corrected chi connectivity index (χ3v) is 3.43. The van der Waals surface area contributed by atoms with E-state index in [9.17, 15) is 0 Å². The van der Waals surface area contributed by atoms with Crippen LogP contribution in [0, 0.1) is 0 Å². The number of nitrogens with two attached hydrogens (primary N) is 1. The average molecular weight is 222 g/mol. The SMILES string of the molecule is CC[C@@H](N)c1cncn1CCN(C)C1CC1. The molecule has 90 valence electrons. The van der Waals surface area contributed by atoms with Crippen molar-refractivity contribution in [2.75, 3.05) is 13.6 Å². The molecular weight excluding hydrogens is 200 g/mol. The van der Waals surface area contributed by atoms with E-state index in [1.165, 1.54) is 12.8 Å². The fourth-order valence-electron chi connectivity index (χ4n) is 2.00. The Morgan fingerprint density at radius 3 is 3.00 bits per heavy atom. The van der Waals surface area contributed by atoms with Crippen molar-refractivity contribution in [2.24, 2.45) is 5.73 Å². The predicted octanol–water partition coefficient (Wildman–Crippen LogP) is 1.39. The molecule has 1 atom stereocenters. The monoisotopic (exact) mass is 222 g/mol. The third kappa shape index (κ3) is 2.62. The molecule has 1 saturated carbocycles. The Hall–Kier alpha value is -0.870. The zero-order chi connectivity index (χ0) is 11.5. The molecule has 16 heavy (non-hydrogen) atoms. The first-order valence-electron chi connectivity index (χ1n) is 6.18. The quantitative estimate of drug-likeness (QED) is 0.791. The summed E-state index contributed by atoms with van der Waals surface area (Å²) in [5.41, 5.74) is 7.20. The van der Waals surface area contributed by atoms with Crippen LogP contribution in [0.2, 0.25) is 0 Å². The lowest BCUT2D eigenvalue weighted by molar-refractivity contribution is 0.306. The maximum absolute atomic E-state index is 6.04. The summed E-state index contributed by atoms with van der Waals surface area (Å²) in [6.45, 7) is 4.19. The molecule has 2 N–H and O–H groups in total. The molecule has 0 radical (unpaired) electrons. The van der Waals surface area contributed by atoms with Crippen molar-refractivity contribution >= 4 is 0 Å². The van der Waals surface area contributed by atoms with Gasteiger partial charge in [-0.1, -0.05) is 6.92 Å².